The first-order valence-electron chi connectivity index (χ1n) is 4.92. The molecule has 0 atom stereocenters. The van der Waals surface area contributed by atoms with E-state index in [0.29, 0.717) is 0 Å². The van der Waals surface area contributed by atoms with Crippen LogP contribution in [-0.4, -0.2) is 11.7 Å². The molecule has 0 spiro atoms. The van der Waals surface area contributed by atoms with Gasteiger partial charge in [0.15, 0.2) is 0 Å². The number of aliphatic hydroxyl groups is 1. The molecule has 0 unspecified atom stereocenters. The van der Waals surface area contributed by atoms with Crippen LogP contribution in [0.3, 0.4) is 0 Å². The normalized spacial score (nSPS) is 15.4. The first-order valence-corrected chi connectivity index (χ1v) is 6.51. The Balaban J connectivity index is 2.13. The first kappa shape index (κ1) is 11.4. The summed E-state index contributed by atoms with van der Waals surface area (Å²) in [6, 6.07) is 3.76. The van der Waals surface area contributed by atoms with Gasteiger partial charge in [0.2, 0.25) is 0 Å². The minimum atomic E-state index is 0.0418. The number of aliphatic hydroxyl groups excluding tert-OH is 1. The molecular formula is C11H12Br2O2. The van der Waals surface area contributed by atoms with Gasteiger partial charge in [0, 0.05) is 0 Å². The molecule has 1 fully saturated rings. The Morgan fingerprint density at radius 1 is 1.27 bits per heavy atom. The van der Waals surface area contributed by atoms with Crippen LogP contribution in [-0.2, 0) is 6.61 Å². The zero-order valence-corrected chi connectivity index (χ0v) is 11.3. The van der Waals surface area contributed by atoms with Crippen molar-refractivity contribution < 1.29 is 9.84 Å². The van der Waals surface area contributed by atoms with Crippen LogP contribution >= 0.6 is 31.9 Å². The van der Waals surface area contributed by atoms with E-state index in [1.807, 2.05) is 12.1 Å². The van der Waals surface area contributed by atoms with Crippen LogP contribution in [0.25, 0.3) is 0 Å². The molecule has 0 amide bonds. The zero-order valence-electron chi connectivity index (χ0n) is 8.17. The molecule has 1 N–H and O–H groups in total. The molecule has 1 aromatic carbocycles. The molecule has 0 radical (unpaired) electrons. The van der Waals surface area contributed by atoms with Gasteiger partial charge in [-0.05, 0) is 68.3 Å². The van der Waals surface area contributed by atoms with Crippen LogP contribution < -0.4 is 4.74 Å². The van der Waals surface area contributed by atoms with Crippen LogP contribution in [0.2, 0.25) is 0 Å². The Morgan fingerprint density at radius 2 is 1.87 bits per heavy atom. The highest BCUT2D eigenvalue weighted by Crippen LogP contribution is 2.37. The lowest BCUT2D eigenvalue weighted by atomic mass is 10.2. The molecule has 0 aliphatic heterocycles. The fourth-order valence-electron chi connectivity index (χ4n) is 1.33. The molecule has 0 saturated heterocycles. The fraction of sp³-hybridized carbons (Fsp3) is 0.455. The molecule has 2 nitrogen and oxygen atoms in total. The fourth-order valence-corrected chi connectivity index (χ4v) is 2.84. The number of benzene rings is 1. The van der Waals surface area contributed by atoms with Gasteiger partial charge < -0.3 is 9.84 Å². The minimum Gasteiger partial charge on any atom is -0.491 e. The standard InChI is InChI=1S/C11H12Br2O2/c12-9-3-8(5-14)4-10(13)11(9)15-6-7-1-2-7/h3-4,7,14H,1-2,5-6H2. The molecule has 1 aliphatic rings. The summed E-state index contributed by atoms with van der Waals surface area (Å²) < 4.78 is 7.50. The maximum Gasteiger partial charge on any atom is 0.147 e. The lowest BCUT2D eigenvalue weighted by molar-refractivity contribution is 0.279. The number of hydrogen-bond acceptors (Lipinski definition) is 2. The van der Waals surface area contributed by atoms with Gasteiger partial charge in [-0.3, -0.25) is 0 Å². The highest BCUT2D eigenvalue weighted by Gasteiger charge is 2.22. The van der Waals surface area contributed by atoms with Gasteiger partial charge in [-0.1, -0.05) is 0 Å². The average molecular weight is 336 g/mol. The van der Waals surface area contributed by atoms with Crippen molar-refractivity contribution >= 4 is 31.9 Å². The second-order valence-electron chi connectivity index (χ2n) is 3.80. The summed E-state index contributed by atoms with van der Waals surface area (Å²) in [5, 5.41) is 9.02. The average Bonchev–Trinajstić information content (AvgIpc) is 3.00. The zero-order chi connectivity index (χ0) is 10.8. The Morgan fingerprint density at radius 3 is 2.33 bits per heavy atom. The van der Waals surface area contributed by atoms with Crippen LogP contribution in [0, 0.1) is 5.92 Å². The SMILES string of the molecule is OCc1cc(Br)c(OCC2CC2)c(Br)c1. The highest BCUT2D eigenvalue weighted by atomic mass is 79.9. The largest absolute Gasteiger partial charge is 0.491 e. The third-order valence-corrected chi connectivity index (χ3v) is 3.58. The topological polar surface area (TPSA) is 29.5 Å². The summed E-state index contributed by atoms with van der Waals surface area (Å²) >= 11 is 6.89. The summed E-state index contributed by atoms with van der Waals surface area (Å²) in [4.78, 5) is 0. The van der Waals surface area contributed by atoms with Crippen molar-refractivity contribution in [2.45, 2.75) is 19.4 Å². The molecular weight excluding hydrogens is 324 g/mol. The van der Waals surface area contributed by atoms with Gasteiger partial charge in [-0.2, -0.15) is 0 Å². The molecule has 4 heteroatoms. The molecule has 1 aliphatic carbocycles. The molecule has 15 heavy (non-hydrogen) atoms. The molecule has 1 saturated carbocycles. The molecule has 0 heterocycles. The Hall–Kier alpha value is -0.0600. The van der Waals surface area contributed by atoms with Crippen molar-refractivity contribution in [1.82, 2.24) is 0 Å². The maximum absolute atomic E-state index is 9.02. The predicted molar refractivity (Wildman–Crippen MR) is 66.0 cm³/mol. The summed E-state index contributed by atoms with van der Waals surface area (Å²) in [5.74, 6) is 1.57. The van der Waals surface area contributed by atoms with Crippen LogP contribution in [0.1, 0.15) is 18.4 Å². The van der Waals surface area contributed by atoms with Crippen molar-refractivity contribution in [3.8, 4) is 5.75 Å². The van der Waals surface area contributed by atoms with Crippen LogP contribution in [0.4, 0.5) is 0 Å². The minimum absolute atomic E-state index is 0.0418. The lowest BCUT2D eigenvalue weighted by Gasteiger charge is -2.11. The van der Waals surface area contributed by atoms with Crippen molar-refractivity contribution in [1.29, 1.82) is 0 Å². The van der Waals surface area contributed by atoms with Crippen molar-refractivity contribution in [2.24, 2.45) is 5.92 Å². The highest BCUT2D eigenvalue weighted by molar-refractivity contribution is 9.11. The second-order valence-corrected chi connectivity index (χ2v) is 5.51. The van der Waals surface area contributed by atoms with Crippen molar-refractivity contribution in [2.75, 3.05) is 6.61 Å². The Kier molecular flexibility index (Phi) is 3.69. The summed E-state index contributed by atoms with van der Waals surface area (Å²) in [6.07, 6.45) is 2.56. The summed E-state index contributed by atoms with van der Waals surface area (Å²) in [7, 11) is 0. The Labute approximate surface area is 106 Å². The molecule has 0 bridgehead atoms. The van der Waals surface area contributed by atoms with E-state index in [1.54, 1.807) is 0 Å². The smallest absolute Gasteiger partial charge is 0.147 e. The number of rotatable bonds is 4. The third kappa shape index (κ3) is 2.95. The summed E-state index contributed by atoms with van der Waals surface area (Å²) in [5.41, 5.74) is 0.868. The van der Waals surface area contributed by atoms with E-state index >= 15 is 0 Å². The molecule has 0 aromatic heterocycles. The van der Waals surface area contributed by atoms with Crippen molar-refractivity contribution in [3.63, 3.8) is 0 Å². The second kappa shape index (κ2) is 4.85. The van der Waals surface area contributed by atoms with Crippen LogP contribution in [0.5, 0.6) is 5.75 Å². The van der Waals surface area contributed by atoms with E-state index in [9.17, 15) is 0 Å². The van der Waals surface area contributed by atoms with Gasteiger partial charge in [0.25, 0.3) is 0 Å². The quantitative estimate of drug-likeness (QED) is 0.912. The van der Waals surface area contributed by atoms with Gasteiger partial charge in [-0.25, -0.2) is 0 Å². The predicted octanol–water partition coefficient (Wildman–Crippen LogP) is 3.49. The lowest BCUT2D eigenvalue weighted by Crippen LogP contribution is -2.00. The van der Waals surface area contributed by atoms with E-state index in [0.717, 1.165) is 32.8 Å². The first-order chi connectivity index (χ1) is 7.20. The maximum atomic E-state index is 9.02. The molecule has 1 aromatic rings. The number of halogens is 2. The van der Waals surface area contributed by atoms with E-state index < -0.39 is 0 Å². The van der Waals surface area contributed by atoms with Crippen LogP contribution in [0.15, 0.2) is 21.1 Å². The van der Waals surface area contributed by atoms with Crippen molar-refractivity contribution in [3.05, 3.63) is 26.6 Å². The van der Waals surface area contributed by atoms with Gasteiger partial charge in [0.05, 0.1) is 22.2 Å². The number of hydrogen-bond donors (Lipinski definition) is 1. The molecule has 82 valence electrons. The van der Waals surface area contributed by atoms with E-state index in [2.05, 4.69) is 31.9 Å². The number of ether oxygens (including phenoxy) is 1. The molecule has 2 rings (SSSR count). The third-order valence-electron chi connectivity index (χ3n) is 2.40. The Bertz CT molecular complexity index is 339. The van der Waals surface area contributed by atoms with Gasteiger partial charge >= 0.3 is 0 Å². The van der Waals surface area contributed by atoms with E-state index in [4.69, 9.17) is 9.84 Å². The van der Waals surface area contributed by atoms with E-state index in [1.165, 1.54) is 12.8 Å². The van der Waals surface area contributed by atoms with E-state index in [-0.39, 0.29) is 6.61 Å². The van der Waals surface area contributed by atoms with Gasteiger partial charge in [-0.15, -0.1) is 0 Å². The summed E-state index contributed by atoms with van der Waals surface area (Å²) in [6.45, 7) is 0.829. The monoisotopic (exact) mass is 334 g/mol. The van der Waals surface area contributed by atoms with Gasteiger partial charge in [0.1, 0.15) is 5.75 Å².